The smallest absolute Gasteiger partial charge is 0.163 e. The summed E-state index contributed by atoms with van der Waals surface area (Å²) in [6.07, 6.45) is 0. The molecule has 0 radical (unpaired) electrons. The van der Waals surface area contributed by atoms with Crippen LogP contribution in [-0.4, -0.2) is 37.5 Å². The number of nitrogen functional groups attached to an aromatic ring is 1. The van der Waals surface area contributed by atoms with Gasteiger partial charge in [-0.15, -0.1) is 0 Å². The molecule has 1 aliphatic rings. The molecular formula is C13H20N2O3. The molecule has 3 N–H and O–H groups in total. The molecule has 0 atom stereocenters. The number of rotatable bonds is 3. The van der Waals surface area contributed by atoms with Gasteiger partial charge < -0.3 is 25.2 Å². The van der Waals surface area contributed by atoms with Crippen LogP contribution in [0.5, 0.6) is 11.5 Å². The molecule has 1 heterocycles. The lowest BCUT2D eigenvalue weighted by Gasteiger charge is -2.29. The Hall–Kier alpha value is -1.62. The molecule has 1 aromatic rings. The fraction of sp³-hybridized carbons (Fsp3) is 0.538. The maximum Gasteiger partial charge on any atom is 0.163 e. The van der Waals surface area contributed by atoms with Crippen LogP contribution in [0.1, 0.15) is 13.8 Å². The van der Waals surface area contributed by atoms with E-state index in [1.165, 1.54) is 0 Å². The minimum atomic E-state index is -0.783. The second-order valence-corrected chi connectivity index (χ2v) is 5.22. The number of nitrogens with zero attached hydrogens (tertiary/aromatic N) is 1. The molecule has 100 valence electrons. The van der Waals surface area contributed by atoms with Gasteiger partial charge in [0.15, 0.2) is 11.5 Å². The highest BCUT2D eigenvalue weighted by Crippen LogP contribution is 2.38. The molecule has 1 aliphatic heterocycles. The van der Waals surface area contributed by atoms with E-state index in [-0.39, 0.29) is 0 Å². The molecule has 0 spiro atoms. The Morgan fingerprint density at radius 2 is 1.83 bits per heavy atom. The number of hydrogen-bond donors (Lipinski definition) is 2. The average Bonchev–Trinajstić information content (AvgIpc) is 2.25. The maximum atomic E-state index is 9.84. The molecule has 0 saturated carbocycles. The molecule has 0 fully saturated rings. The molecule has 2 rings (SSSR count). The average molecular weight is 252 g/mol. The molecule has 1 aromatic carbocycles. The zero-order valence-electron chi connectivity index (χ0n) is 11.1. The summed E-state index contributed by atoms with van der Waals surface area (Å²) in [7, 11) is 1.89. The third kappa shape index (κ3) is 2.79. The number of nitrogens with two attached hydrogens (primary N) is 1. The summed E-state index contributed by atoms with van der Waals surface area (Å²) in [6.45, 7) is 5.10. The van der Waals surface area contributed by atoms with Gasteiger partial charge in [0.25, 0.3) is 0 Å². The van der Waals surface area contributed by atoms with Gasteiger partial charge in [-0.05, 0) is 13.8 Å². The topological polar surface area (TPSA) is 68.0 Å². The predicted octanol–water partition coefficient (Wildman–Crippen LogP) is 1.25. The summed E-state index contributed by atoms with van der Waals surface area (Å²) in [5.74, 6) is 1.38. The van der Waals surface area contributed by atoms with Crippen LogP contribution in [0.4, 0.5) is 11.4 Å². The van der Waals surface area contributed by atoms with Crippen LogP contribution in [0.3, 0.4) is 0 Å². The molecule has 5 heteroatoms. The van der Waals surface area contributed by atoms with E-state index in [9.17, 15) is 5.11 Å². The van der Waals surface area contributed by atoms with Crippen molar-refractivity contribution in [3.05, 3.63) is 12.1 Å². The number of aliphatic hydroxyl groups is 1. The molecule has 5 nitrogen and oxygen atoms in total. The Kier molecular flexibility index (Phi) is 3.26. The summed E-state index contributed by atoms with van der Waals surface area (Å²) in [5, 5.41) is 9.84. The van der Waals surface area contributed by atoms with E-state index in [4.69, 9.17) is 15.2 Å². The Balaban J connectivity index is 2.27. The number of fused-ring (bicyclic) bond motifs is 1. The molecule has 0 unspecified atom stereocenters. The van der Waals surface area contributed by atoms with Gasteiger partial charge in [0.2, 0.25) is 0 Å². The first-order chi connectivity index (χ1) is 8.37. The fourth-order valence-corrected chi connectivity index (χ4v) is 2.09. The first kappa shape index (κ1) is 12.8. The Bertz CT molecular complexity index is 441. The zero-order chi connectivity index (χ0) is 13.3. The number of ether oxygens (including phenoxy) is 2. The van der Waals surface area contributed by atoms with Gasteiger partial charge in [0.05, 0.1) is 17.0 Å². The quantitative estimate of drug-likeness (QED) is 0.792. The van der Waals surface area contributed by atoms with Crippen molar-refractivity contribution in [2.24, 2.45) is 0 Å². The van der Waals surface area contributed by atoms with Crippen LogP contribution in [-0.2, 0) is 0 Å². The highest BCUT2D eigenvalue weighted by Gasteiger charge is 2.20. The van der Waals surface area contributed by atoms with Crippen LogP contribution < -0.4 is 20.1 Å². The van der Waals surface area contributed by atoms with Crippen molar-refractivity contribution >= 4 is 11.4 Å². The molecule has 0 aromatic heterocycles. The Labute approximate surface area is 107 Å². The maximum absolute atomic E-state index is 9.84. The first-order valence-electron chi connectivity index (χ1n) is 5.99. The lowest BCUT2D eigenvalue weighted by atomic mass is 10.1. The van der Waals surface area contributed by atoms with Crippen molar-refractivity contribution in [3.63, 3.8) is 0 Å². The number of benzene rings is 1. The molecule has 0 aliphatic carbocycles. The van der Waals surface area contributed by atoms with Crippen molar-refractivity contribution in [1.82, 2.24) is 0 Å². The van der Waals surface area contributed by atoms with Gasteiger partial charge in [-0.3, -0.25) is 0 Å². The van der Waals surface area contributed by atoms with E-state index >= 15 is 0 Å². The van der Waals surface area contributed by atoms with E-state index in [2.05, 4.69) is 0 Å². The van der Waals surface area contributed by atoms with E-state index in [0.717, 1.165) is 5.69 Å². The normalized spacial score (nSPS) is 14.4. The van der Waals surface area contributed by atoms with E-state index in [1.807, 2.05) is 18.0 Å². The lowest BCUT2D eigenvalue weighted by molar-refractivity contribution is 0.0886. The summed E-state index contributed by atoms with van der Waals surface area (Å²) in [6, 6.07) is 3.63. The van der Waals surface area contributed by atoms with Crippen LogP contribution in [0.25, 0.3) is 0 Å². The van der Waals surface area contributed by atoms with E-state index < -0.39 is 5.60 Å². The van der Waals surface area contributed by atoms with E-state index in [1.54, 1.807) is 19.9 Å². The van der Waals surface area contributed by atoms with Crippen molar-refractivity contribution < 1.29 is 14.6 Å². The van der Waals surface area contributed by atoms with Crippen molar-refractivity contribution in [3.8, 4) is 11.5 Å². The highest BCUT2D eigenvalue weighted by atomic mass is 16.6. The largest absolute Gasteiger partial charge is 0.486 e. The second-order valence-electron chi connectivity index (χ2n) is 5.22. The van der Waals surface area contributed by atoms with Gasteiger partial charge in [-0.2, -0.15) is 0 Å². The minimum Gasteiger partial charge on any atom is -0.486 e. The van der Waals surface area contributed by atoms with Crippen LogP contribution in [0.2, 0.25) is 0 Å². The number of hydrogen-bond acceptors (Lipinski definition) is 5. The van der Waals surface area contributed by atoms with Crippen molar-refractivity contribution in [2.45, 2.75) is 19.4 Å². The third-order valence-corrected chi connectivity index (χ3v) is 2.73. The summed E-state index contributed by atoms with van der Waals surface area (Å²) in [4.78, 5) is 1.91. The van der Waals surface area contributed by atoms with Gasteiger partial charge >= 0.3 is 0 Å². The monoisotopic (exact) mass is 252 g/mol. The van der Waals surface area contributed by atoms with Gasteiger partial charge in [-0.25, -0.2) is 0 Å². The molecular weight excluding hydrogens is 232 g/mol. The molecule has 0 bridgehead atoms. The summed E-state index contributed by atoms with van der Waals surface area (Å²) >= 11 is 0. The SMILES string of the molecule is CN(CC(C)(C)O)c1cc2c(cc1N)OCCO2. The standard InChI is InChI=1S/C13H20N2O3/c1-13(2,16)8-15(3)10-7-12-11(6-9(10)14)17-4-5-18-12/h6-7,16H,4-5,8,14H2,1-3H3. The van der Waals surface area contributed by atoms with E-state index in [0.29, 0.717) is 36.9 Å². The van der Waals surface area contributed by atoms with Crippen LogP contribution in [0, 0.1) is 0 Å². The number of likely N-dealkylation sites (N-methyl/N-ethyl adjacent to an activating group) is 1. The third-order valence-electron chi connectivity index (χ3n) is 2.73. The Morgan fingerprint density at radius 1 is 1.28 bits per heavy atom. The lowest BCUT2D eigenvalue weighted by Crippen LogP contribution is -2.36. The van der Waals surface area contributed by atoms with Gasteiger partial charge in [0.1, 0.15) is 13.2 Å². The second kappa shape index (κ2) is 4.57. The minimum absolute atomic E-state index is 0.483. The van der Waals surface area contributed by atoms with Crippen molar-refractivity contribution in [2.75, 3.05) is 37.4 Å². The molecule has 0 saturated heterocycles. The van der Waals surface area contributed by atoms with Crippen LogP contribution in [0.15, 0.2) is 12.1 Å². The van der Waals surface area contributed by atoms with Crippen LogP contribution >= 0.6 is 0 Å². The molecule has 0 amide bonds. The predicted molar refractivity (Wildman–Crippen MR) is 71.4 cm³/mol. The molecule has 18 heavy (non-hydrogen) atoms. The Morgan fingerprint density at radius 3 is 2.39 bits per heavy atom. The van der Waals surface area contributed by atoms with Crippen molar-refractivity contribution in [1.29, 1.82) is 0 Å². The number of anilines is 2. The first-order valence-corrected chi connectivity index (χ1v) is 5.99. The van der Waals surface area contributed by atoms with Gasteiger partial charge in [0, 0.05) is 25.7 Å². The summed E-state index contributed by atoms with van der Waals surface area (Å²) in [5.41, 5.74) is 6.67. The zero-order valence-corrected chi connectivity index (χ0v) is 11.1. The highest BCUT2D eigenvalue weighted by molar-refractivity contribution is 5.73. The summed E-state index contributed by atoms with van der Waals surface area (Å²) < 4.78 is 11.0. The van der Waals surface area contributed by atoms with Gasteiger partial charge in [-0.1, -0.05) is 0 Å². The fourth-order valence-electron chi connectivity index (χ4n) is 2.09.